The summed E-state index contributed by atoms with van der Waals surface area (Å²) in [5.74, 6) is 0. The number of rotatable bonds is 6. The summed E-state index contributed by atoms with van der Waals surface area (Å²) in [5.41, 5.74) is -1.38. The van der Waals surface area contributed by atoms with Gasteiger partial charge in [0, 0.05) is 23.8 Å². The molecular weight excluding hydrogens is 238 g/mol. The van der Waals surface area contributed by atoms with E-state index in [4.69, 9.17) is 19.8 Å². The molecule has 1 aromatic heterocycles. The Morgan fingerprint density at radius 1 is 1.42 bits per heavy atom. The van der Waals surface area contributed by atoms with Crippen LogP contribution in [0, 0.1) is 0 Å². The lowest BCUT2D eigenvalue weighted by molar-refractivity contribution is 0.0638. The van der Waals surface area contributed by atoms with Gasteiger partial charge in [0.15, 0.2) is 0 Å². The van der Waals surface area contributed by atoms with Gasteiger partial charge in [-0.2, -0.15) is 5.10 Å². The van der Waals surface area contributed by atoms with Crippen molar-refractivity contribution in [1.29, 1.82) is 0 Å². The van der Waals surface area contributed by atoms with E-state index in [-0.39, 0.29) is 13.2 Å². The predicted octanol–water partition coefficient (Wildman–Crippen LogP) is 2.09. The zero-order chi connectivity index (χ0) is 23.2. The van der Waals surface area contributed by atoms with Crippen LogP contribution < -0.4 is 0 Å². The van der Waals surface area contributed by atoms with Crippen LogP contribution in [0.2, 0.25) is 0 Å². The molecule has 102 valence electrons. The highest BCUT2D eigenvalue weighted by atomic mass is 16.5. The average Bonchev–Trinajstić information content (AvgIpc) is 2.94. The molecule has 4 nitrogen and oxygen atoms in total. The Balaban J connectivity index is 2.91. The summed E-state index contributed by atoms with van der Waals surface area (Å²) in [6.07, 6.45) is -3.46. The molecule has 0 amide bonds. The van der Waals surface area contributed by atoms with Crippen LogP contribution in [0.1, 0.15) is 32.4 Å². The van der Waals surface area contributed by atoms with Gasteiger partial charge in [-0.3, -0.25) is 4.68 Å². The van der Waals surface area contributed by atoms with Crippen LogP contribution in [0.3, 0.4) is 0 Å². The number of likely N-dealkylation sites (N-methyl/N-ethyl adjacent to an activating group) is 1. The van der Waals surface area contributed by atoms with E-state index >= 15 is 0 Å². The Morgan fingerprint density at radius 2 is 2.21 bits per heavy atom. The van der Waals surface area contributed by atoms with Crippen LogP contribution in [0.5, 0.6) is 0 Å². The normalized spacial score (nSPS) is 23.4. The predicted molar refractivity (Wildman–Crippen MR) is 76.0 cm³/mol. The maximum Gasteiger partial charge on any atom is 0.124 e. The molecule has 0 aliphatic rings. The first-order valence-electron chi connectivity index (χ1n) is 11.1. The van der Waals surface area contributed by atoms with E-state index in [9.17, 15) is 0 Å². The van der Waals surface area contributed by atoms with Crippen molar-refractivity contribution in [3.8, 4) is 0 Å². The molecule has 0 fully saturated rings. The minimum Gasteiger partial charge on any atom is -0.366 e. The molecule has 0 saturated heterocycles. The Bertz CT molecular complexity index is 928. The molecular formula is C15H21N3O. The molecule has 2 aromatic rings. The van der Waals surface area contributed by atoms with E-state index in [2.05, 4.69) is 5.10 Å². The second-order valence-corrected chi connectivity index (χ2v) is 3.98. The molecule has 0 spiro atoms. The maximum atomic E-state index is 8.94. The fourth-order valence-electron chi connectivity index (χ4n) is 1.34. The van der Waals surface area contributed by atoms with Crippen molar-refractivity contribution in [3.63, 3.8) is 0 Å². The third kappa shape index (κ3) is 3.66. The SMILES string of the molecule is [2H]c1nn(C([2H])([2H])[2H])c(C([2H])(OCCN(C)C)c2c([2H])c([2H])c([2H])c([2H])c2[2H])c1[2H]. The lowest BCUT2D eigenvalue weighted by Crippen LogP contribution is -2.20. The van der Waals surface area contributed by atoms with Crippen molar-refractivity contribution >= 4 is 0 Å². The third-order valence-electron chi connectivity index (χ3n) is 2.26. The molecule has 1 unspecified atom stereocenters. The molecule has 0 aliphatic carbocycles. The molecule has 1 atom stereocenters. The molecule has 1 aromatic carbocycles. The number of hydrogen-bond donors (Lipinski definition) is 0. The van der Waals surface area contributed by atoms with Gasteiger partial charge in [-0.05, 0) is 25.7 Å². The first-order chi connectivity index (χ1) is 13.6. The van der Waals surface area contributed by atoms with Gasteiger partial charge in [-0.15, -0.1) is 0 Å². The van der Waals surface area contributed by atoms with Crippen molar-refractivity contribution in [3.05, 3.63) is 53.7 Å². The molecule has 19 heavy (non-hydrogen) atoms. The van der Waals surface area contributed by atoms with Gasteiger partial charge < -0.3 is 9.64 Å². The number of benzene rings is 1. The van der Waals surface area contributed by atoms with Gasteiger partial charge in [-0.25, -0.2) is 0 Å². The van der Waals surface area contributed by atoms with Gasteiger partial charge >= 0.3 is 0 Å². The molecule has 0 bridgehead atoms. The highest BCUT2D eigenvalue weighted by Crippen LogP contribution is 2.25. The summed E-state index contributed by atoms with van der Waals surface area (Å²) >= 11 is 0. The topological polar surface area (TPSA) is 30.3 Å². The van der Waals surface area contributed by atoms with E-state index in [1.54, 1.807) is 19.0 Å². The van der Waals surface area contributed by atoms with E-state index in [1.165, 1.54) is 0 Å². The summed E-state index contributed by atoms with van der Waals surface area (Å²) in [6.45, 7) is -2.95. The lowest BCUT2D eigenvalue weighted by Gasteiger charge is -2.20. The monoisotopic (exact) mass is 270 g/mol. The molecule has 2 rings (SSSR count). The van der Waals surface area contributed by atoms with E-state index < -0.39 is 66.7 Å². The van der Waals surface area contributed by atoms with Gasteiger partial charge in [0.1, 0.15) is 6.08 Å². The molecule has 0 N–H and O–H groups in total. The van der Waals surface area contributed by atoms with Crippen LogP contribution in [0.4, 0.5) is 0 Å². The zero-order valence-corrected chi connectivity index (χ0v) is 10.7. The van der Waals surface area contributed by atoms with Crippen LogP contribution in [0.25, 0.3) is 0 Å². The summed E-state index contributed by atoms with van der Waals surface area (Å²) in [5, 5.41) is 3.51. The molecule has 0 radical (unpaired) electrons. The second kappa shape index (κ2) is 6.50. The van der Waals surface area contributed by atoms with Crippen molar-refractivity contribution in [2.75, 3.05) is 27.2 Å². The smallest absolute Gasteiger partial charge is 0.124 e. The number of nitrogens with zero attached hydrogens (tertiary/aromatic N) is 3. The van der Waals surface area contributed by atoms with Crippen molar-refractivity contribution < 1.29 is 19.8 Å². The highest BCUT2D eigenvalue weighted by Gasteiger charge is 2.17. The molecule has 1 heterocycles. The number of hydrogen-bond acceptors (Lipinski definition) is 3. The Morgan fingerprint density at radius 3 is 2.89 bits per heavy atom. The van der Waals surface area contributed by atoms with Crippen LogP contribution in [-0.2, 0) is 11.7 Å². The Kier molecular flexibility index (Phi) is 1.84. The number of aromatic nitrogens is 2. The maximum absolute atomic E-state index is 8.94. The second-order valence-electron chi connectivity index (χ2n) is 3.98. The van der Waals surface area contributed by atoms with Gasteiger partial charge in [0.25, 0.3) is 0 Å². The number of ether oxygens (including phenoxy) is 1. The van der Waals surface area contributed by atoms with Crippen molar-refractivity contribution in [2.24, 2.45) is 6.98 Å². The molecule has 0 aliphatic heterocycles. The van der Waals surface area contributed by atoms with Gasteiger partial charge in [0.2, 0.25) is 0 Å². The largest absolute Gasteiger partial charge is 0.366 e. The summed E-state index contributed by atoms with van der Waals surface area (Å²) < 4.78 is 93.6. The molecule has 4 heteroatoms. The van der Waals surface area contributed by atoms with Crippen LogP contribution in [0.15, 0.2) is 42.4 Å². The standard InChI is InChI=1S/C15H21N3O/c1-17(2)11-12-19-15(13-7-5-4-6-8-13)14-9-10-16-18(14)3/h4-10,15H,11-12H2,1-3H3/i3D3,4D,5D,6D,7D,8D,9D,10D,15D. The quantitative estimate of drug-likeness (QED) is 0.805. The highest BCUT2D eigenvalue weighted by molar-refractivity contribution is 5.25. The number of aryl methyl sites for hydroxylation is 1. The first-order valence-corrected chi connectivity index (χ1v) is 5.57. The zero-order valence-electron chi connectivity index (χ0n) is 21.7. The third-order valence-corrected chi connectivity index (χ3v) is 2.26. The van der Waals surface area contributed by atoms with Crippen molar-refractivity contribution in [1.82, 2.24) is 14.7 Å². The van der Waals surface area contributed by atoms with Crippen LogP contribution >= 0.6 is 0 Å². The van der Waals surface area contributed by atoms with Crippen molar-refractivity contribution in [2.45, 2.75) is 6.08 Å². The minimum atomic E-state index is -3.00. The van der Waals surface area contributed by atoms with E-state index in [0.717, 1.165) is 0 Å². The van der Waals surface area contributed by atoms with E-state index in [0.29, 0.717) is 4.68 Å². The fraction of sp³-hybridized carbons (Fsp3) is 0.400. The van der Waals surface area contributed by atoms with Gasteiger partial charge in [-0.1, -0.05) is 30.2 Å². The van der Waals surface area contributed by atoms with Gasteiger partial charge in [0.05, 0.1) is 23.3 Å². The molecule has 0 saturated carbocycles. The lowest BCUT2D eigenvalue weighted by atomic mass is 10.1. The van der Waals surface area contributed by atoms with Crippen LogP contribution in [-0.4, -0.2) is 41.9 Å². The summed E-state index contributed by atoms with van der Waals surface area (Å²) in [7, 11) is 3.42. The minimum absolute atomic E-state index is 0.197. The Labute approximate surface area is 130 Å². The first kappa shape index (κ1) is 5.38. The summed E-state index contributed by atoms with van der Waals surface area (Å²) in [6, 6.07) is -4.47. The average molecular weight is 270 g/mol. The van der Waals surface area contributed by atoms with E-state index in [1.807, 2.05) is 0 Å². The Hall–Kier alpha value is -1.65. The fourth-order valence-corrected chi connectivity index (χ4v) is 1.34. The summed E-state index contributed by atoms with van der Waals surface area (Å²) in [4.78, 5) is 1.70.